The Balaban J connectivity index is 1.54. The fraction of sp³-hybridized carbons (Fsp3) is 0.500. The van der Waals surface area contributed by atoms with Gasteiger partial charge in [0.1, 0.15) is 17.7 Å². The van der Waals surface area contributed by atoms with E-state index in [0.29, 0.717) is 48.4 Å². The number of hydrogen-bond acceptors (Lipinski definition) is 8. The lowest BCUT2D eigenvalue weighted by Gasteiger charge is -2.37. The van der Waals surface area contributed by atoms with Crippen molar-refractivity contribution < 1.29 is 38.5 Å². The molecule has 3 fully saturated rings. The van der Waals surface area contributed by atoms with Gasteiger partial charge in [-0.3, -0.25) is 19.2 Å². The molecule has 3 amide bonds. The molecule has 2 aromatic rings. The first-order valence-electron chi connectivity index (χ1n) is 18.1. The van der Waals surface area contributed by atoms with Crippen molar-refractivity contribution in [3.8, 4) is 0 Å². The quantitative estimate of drug-likeness (QED) is 0.0828. The summed E-state index contributed by atoms with van der Waals surface area (Å²) < 4.78 is 18.6. The number of benzene rings is 2. The molecule has 5 rings (SSSR count). The number of esters is 1. The number of aliphatic hydroxyl groups is 1. The summed E-state index contributed by atoms with van der Waals surface area (Å²) >= 11 is 10.4. The summed E-state index contributed by atoms with van der Waals surface area (Å²) in [4.78, 5) is 60.0. The Hall–Kier alpha value is -3.55. The van der Waals surface area contributed by atoms with Gasteiger partial charge in [-0.2, -0.15) is 0 Å². The van der Waals surface area contributed by atoms with Crippen LogP contribution in [0.2, 0.25) is 5.02 Å². The number of ether oxygens (including phenoxy) is 3. The minimum atomic E-state index is -1.35. The number of unbranched alkanes of at least 4 members (excludes halogenated alkanes) is 2. The number of aryl methyl sites for hydroxylation is 1. The number of methoxy groups -OCH3 is 1. The third-order valence-corrected chi connectivity index (χ3v) is 11.5. The first-order valence-corrected chi connectivity index (χ1v) is 19.4. The number of hydrogen-bond donors (Lipinski definition) is 2. The summed E-state index contributed by atoms with van der Waals surface area (Å²) in [6.45, 7) is 9.84. The number of carbonyl (C=O) groups is 4. The highest BCUT2D eigenvalue weighted by molar-refractivity contribution is 9.09. The Bertz CT molecular complexity index is 1640. The molecule has 3 aliphatic rings. The molecule has 1 spiro atoms. The van der Waals surface area contributed by atoms with Crippen molar-refractivity contribution in [1.29, 1.82) is 0 Å². The third-order valence-electron chi connectivity index (χ3n) is 10.4. The van der Waals surface area contributed by atoms with Gasteiger partial charge in [0.05, 0.1) is 41.3 Å². The molecule has 8 atom stereocenters. The van der Waals surface area contributed by atoms with E-state index in [0.717, 1.165) is 5.56 Å². The first-order chi connectivity index (χ1) is 25.5. The maximum Gasteiger partial charge on any atom is 0.313 e. The molecule has 0 saturated carbocycles. The second kappa shape index (κ2) is 18.2. The average Bonchev–Trinajstić information content (AvgIpc) is 3.73. The van der Waals surface area contributed by atoms with Crippen molar-refractivity contribution >= 4 is 56.9 Å². The maximum atomic E-state index is 15.0. The van der Waals surface area contributed by atoms with Gasteiger partial charge < -0.3 is 34.4 Å². The van der Waals surface area contributed by atoms with E-state index in [-0.39, 0.29) is 49.4 Å². The topological polar surface area (TPSA) is 135 Å². The van der Waals surface area contributed by atoms with E-state index in [1.165, 1.54) is 7.11 Å². The van der Waals surface area contributed by atoms with Crippen LogP contribution in [0, 0.1) is 18.8 Å². The number of likely N-dealkylation sites (tertiary alicyclic amines) is 1. The summed E-state index contributed by atoms with van der Waals surface area (Å²) in [7, 11) is 1.50. The summed E-state index contributed by atoms with van der Waals surface area (Å²) in [5.41, 5.74) is 0.560. The van der Waals surface area contributed by atoms with Crippen molar-refractivity contribution in [2.45, 2.75) is 80.2 Å². The molecule has 3 heterocycles. The monoisotopic (exact) mass is 813 g/mol. The molecule has 3 aliphatic heterocycles. The number of para-hydroxylation sites is 1. The number of halogens is 2. The summed E-state index contributed by atoms with van der Waals surface area (Å²) in [5, 5.41) is 12.8. The summed E-state index contributed by atoms with van der Waals surface area (Å²) in [5.74, 6) is -3.76. The predicted molar refractivity (Wildman–Crippen MR) is 206 cm³/mol. The highest BCUT2D eigenvalue weighted by Crippen LogP contribution is 2.60. The van der Waals surface area contributed by atoms with Crippen LogP contribution in [-0.4, -0.2) is 95.7 Å². The zero-order valence-corrected chi connectivity index (χ0v) is 32.6. The maximum absolute atomic E-state index is 15.0. The van der Waals surface area contributed by atoms with E-state index < -0.39 is 53.6 Å². The number of allylic oxidation sites excluding steroid dienone is 1. The molecule has 2 aromatic carbocycles. The summed E-state index contributed by atoms with van der Waals surface area (Å²) in [6, 6.07) is 12.6. The molecule has 0 radical (unpaired) electrons. The number of amides is 3. The van der Waals surface area contributed by atoms with Crippen LogP contribution in [0.5, 0.6) is 0 Å². The van der Waals surface area contributed by atoms with Gasteiger partial charge in [-0.25, -0.2) is 0 Å². The Morgan fingerprint density at radius 2 is 1.91 bits per heavy atom. The molecule has 0 aliphatic carbocycles. The molecule has 11 nitrogen and oxygen atoms in total. The van der Waals surface area contributed by atoms with E-state index in [9.17, 15) is 19.5 Å². The SMILES string of the molecule is C=CCCC(=O)N[C@@H](COC)[C@@H](OC(=O)[C@H]1[C@@H]2O[C@@]3(CC2Br)[C@@H]1C(=O)N(CCCCCO)[C@@H]3C(=O)N(CC=C)c1c(C)cccc1Cl)c1ccccc1. The normalized spacial score (nSPS) is 25.4. The van der Waals surface area contributed by atoms with Gasteiger partial charge in [0, 0.05) is 38.1 Å². The number of fused-ring (bicyclic) bond motifs is 1. The van der Waals surface area contributed by atoms with Crippen molar-refractivity contribution in [3.63, 3.8) is 0 Å². The van der Waals surface area contributed by atoms with Crippen LogP contribution < -0.4 is 10.2 Å². The van der Waals surface area contributed by atoms with Gasteiger partial charge in [-0.15, -0.1) is 13.2 Å². The number of nitrogens with zero attached hydrogens (tertiary/aromatic N) is 2. The Morgan fingerprint density at radius 3 is 2.57 bits per heavy atom. The number of carbonyl (C=O) groups excluding carboxylic acids is 4. The average molecular weight is 815 g/mol. The zero-order chi connectivity index (χ0) is 38.3. The van der Waals surface area contributed by atoms with Gasteiger partial charge >= 0.3 is 5.97 Å². The number of aliphatic hydroxyl groups excluding tert-OH is 1. The number of anilines is 1. The fourth-order valence-corrected chi connectivity index (χ4v) is 9.41. The van der Waals surface area contributed by atoms with Crippen molar-refractivity contribution in [2.75, 3.05) is 38.3 Å². The summed E-state index contributed by atoms with van der Waals surface area (Å²) in [6.07, 6.45) is 4.21. The van der Waals surface area contributed by atoms with E-state index in [4.69, 9.17) is 25.8 Å². The number of rotatable bonds is 19. The Labute approximate surface area is 324 Å². The molecular formula is C40H49BrClN3O8. The Kier molecular flexibility index (Phi) is 13.9. The van der Waals surface area contributed by atoms with E-state index in [1.54, 1.807) is 46.2 Å². The molecule has 2 N–H and O–H groups in total. The molecule has 3 saturated heterocycles. The second-order valence-electron chi connectivity index (χ2n) is 13.8. The van der Waals surface area contributed by atoms with Crippen molar-refractivity contribution in [3.05, 3.63) is 90.0 Å². The van der Waals surface area contributed by atoms with Crippen LogP contribution in [0.25, 0.3) is 0 Å². The standard InChI is InChI=1S/C40H49BrClN3O8/c1-5-7-19-30(47)43-29(24-51-4)34(26-16-10-8-11-17-26)52-39(50)31-32-37(48)45(21-12-9-13-22-46)36(40(32)23-27(41)35(31)53-40)38(49)44(20-6-2)33-25(3)15-14-18-28(33)42/h5-6,8,10-11,14-18,27,29,31-32,34-36,46H,1-2,7,9,12-13,19-24H2,3-4H3,(H,43,47)/t27?,29-,31+,32-,34-,35+,36+,40-/m0/s1. The lowest BCUT2D eigenvalue weighted by atomic mass is 9.70. The molecule has 53 heavy (non-hydrogen) atoms. The van der Waals surface area contributed by atoms with Crippen molar-refractivity contribution in [1.82, 2.24) is 10.2 Å². The lowest BCUT2D eigenvalue weighted by molar-refractivity contribution is -0.163. The van der Waals surface area contributed by atoms with Crippen LogP contribution in [-0.2, 0) is 33.4 Å². The molecule has 1 unspecified atom stereocenters. The minimum Gasteiger partial charge on any atom is -0.455 e. The minimum absolute atomic E-state index is 0.00704. The molecule has 13 heteroatoms. The number of alkyl halides is 1. The van der Waals surface area contributed by atoms with Crippen LogP contribution in [0.15, 0.2) is 73.8 Å². The highest BCUT2D eigenvalue weighted by atomic mass is 79.9. The van der Waals surface area contributed by atoms with Crippen LogP contribution in [0.4, 0.5) is 5.69 Å². The molecule has 286 valence electrons. The third kappa shape index (κ3) is 8.27. The number of nitrogens with one attached hydrogen (secondary N) is 1. The largest absolute Gasteiger partial charge is 0.455 e. The first kappa shape index (κ1) is 40.6. The fourth-order valence-electron chi connectivity index (χ4n) is 8.15. The van der Waals surface area contributed by atoms with Gasteiger partial charge in [0.25, 0.3) is 5.91 Å². The second-order valence-corrected chi connectivity index (χ2v) is 15.4. The zero-order valence-electron chi connectivity index (χ0n) is 30.3. The molecular weight excluding hydrogens is 766 g/mol. The van der Waals surface area contributed by atoms with Gasteiger partial charge in [0.15, 0.2) is 0 Å². The molecule has 2 bridgehead atoms. The van der Waals surface area contributed by atoms with E-state index >= 15 is 4.79 Å². The lowest BCUT2D eigenvalue weighted by Crippen LogP contribution is -2.57. The highest BCUT2D eigenvalue weighted by Gasteiger charge is 2.77. The van der Waals surface area contributed by atoms with Gasteiger partial charge in [-0.05, 0) is 56.2 Å². The van der Waals surface area contributed by atoms with E-state index in [1.807, 2.05) is 31.2 Å². The van der Waals surface area contributed by atoms with Crippen LogP contribution in [0.3, 0.4) is 0 Å². The van der Waals surface area contributed by atoms with Crippen molar-refractivity contribution in [2.24, 2.45) is 11.8 Å². The van der Waals surface area contributed by atoms with Crippen LogP contribution in [0.1, 0.15) is 55.8 Å². The Morgan fingerprint density at radius 1 is 1.15 bits per heavy atom. The van der Waals surface area contributed by atoms with Gasteiger partial charge in [0.2, 0.25) is 11.8 Å². The van der Waals surface area contributed by atoms with Crippen LogP contribution >= 0.6 is 27.5 Å². The smallest absolute Gasteiger partial charge is 0.313 e. The van der Waals surface area contributed by atoms with Gasteiger partial charge in [-0.1, -0.05) is 82.1 Å². The van der Waals surface area contributed by atoms with E-state index in [2.05, 4.69) is 34.4 Å². The molecule has 0 aromatic heterocycles. The predicted octanol–water partition coefficient (Wildman–Crippen LogP) is 5.46.